The van der Waals surface area contributed by atoms with Crippen LogP contribution < -0.4 is 5.73 Å². The average Bonchev–Trinajstić information content (AvgIpc) is 2.52. The van der Waals surface area contributed by atoms with E-state index in [9.17, 15) is 22.8 Å². The molecule has 1 aliphatic heterocycles. The van der Waals surface area contributed by atoms with Gasteiger partial charge in [0.25, 0.3) is 0 Å². The summed E-state index contributed by atoms with van der Waals surface area (Å²) in [5, 5.41) is -0.138. The second-order valence-electron chi connectivity index (χ2n) is 5.01. The maximum Gasteiger partial charge on any atom is 0.433 e. The Kier molecular flexibility index (Phi) is 5.45. The third kappa shape index (κ3) is 4.57. The molecule has 2 N–H and O–H groups in total. The lowest BCUT2D eigenvalue weighted by molar-refractivity contribution is -0.141. The van der Waals surface area contributed by atoms with Crippen LogP contribution in [0.3, 0.4) is 0 Å². The molecular formula is C13H15F3N4O2S. The molecular weight excluding hydrogens is 333 g/mol. The zero-order chi connectivity index (χ0) is 17.0. The summed E-state index contributed by atoms with van der Waals surface area (Å²) in [4.78, 5) is 32.0. The van der Waals surface area contributed by atoms with Crippen molar-refractivity contribution in [3.63, 3.8) is 0 Å². The van der Waals surface area contributed by atoms with Crippen molar-refractivity contribution in [2.24, 2.45) is 5.73 Å². The molecule has 126 valence electrons. The van der Waals surface area contributed by atoms with Crippen LogP contribution in [0.2, 0.25) is 0 Å². The van der Waals surface area contributed by atoms with Gasteiger partial charge in [0.05, 0.1) is 5.75 Å². The molecule has 0 aliphatic carbocycles. The Bertz CT molecular complexity index is 597. The zero-order valence-corrected chi connectivity index (χ0v) is 12.9. The highest BCUT2D eigenvalue weighted by Crippen LogP contribution is 2.28. The van der Waals surface area contributed by atoms with Crippen LogP contribution in [0.1, 0.15) is 25.0 Å². The summed E-state index contributed by atoms with van der Waals surface area (Å²) in [6, 6.07) is 0.110. The van der Waals surface area contributed by atoms with Crippen LogP contribution in [0.25, 0.3) is 0 Å². The molecule has 0 radical (unpaired) electrons. The van der Waals surface area contributed by atoms with Gasteiger partial charge in [-0.25, -0.2) is 9.97 Å². The third-order valence-corrected chi connectivity index (χ3v) is 4.25. The number of nitrogens with two attached hydrogens (primary N) is 1. The Morgan fingerprint density at radius 1 is 1.39 bits per heavy atom. The number of hydrogen-bond acceptors (Lipinski definition) is 5. The van der Waals surface area contributed by atoms with Crippen molar-refractivity contribution in [3.8, 4) is 0 Å². The van der Waals surface area contributed by atoms with Crippen molar-refractivity contribution >= 4 is 23.6 Å². The highest BCUT2D eigenvalue weighted by atomic mass is 32.2. The van der Waals surface area contributed by atoms with E-state index in [1.54, 1.807) is 0 Å². The summed E-state index contributed by atoms with van der Waals surface area (Å²) >= 11 is 0.801. The Hall–Kier alpha value is -1.84. The smallest absolute Gasteiger partial charge is 0.368 e. The first-order valence-corrected chi connectivity index (χ1v) is 7.89. The number of thioether (sulfide) groups is 1. The second-order valence-corrected chi connectivity index (χ2v) is 5.95. The number of primary amides is 1. The van der Waals surface area contributed by atoms with Crippen molar-refractivity contribution in [2.75, 3.05) is 12.3 Å². The number of carbonyl (C=O) groups excluding carboxylic acids is 2. The van der Waals surface area contributed by atoms with Gasteiger partial charge in [-0.15, -0.1) is 0 Å². The van der Waals surface area contributed by atoms with Crippen LogP contribution in [-0.2, 0) is 15.8 Å². The minimum Gasteiger partial charge on any atom is -0.368 e. The average molecular weight is 348 g/mol. The molecule has 23 heavy (non-hydrogen) atoms. The molecule has 1 atom stereocenters. The number of hydrogen-bond donors (Lipinski definition) is 1. The van der Waals surface area contributed by atoms with E-state index < -0.39 is 23.8 Å². The molecule has 0 aromatic carbocycles. The maximum absolute atomic E-state index is 12.6. The fourth-order valence-corrected chi connectivity index (χ4v) is 3.02. The monoisotopic (exact) mass is 348 g/mol. The molecule has 1 aromatic rings. The lowest BCUT2D eigenvalue weighted by Gasteiger charge is -2.33. The van der Waals surface area contributed by atoms with Crippen molar-refractivity contribution in [2.45, 2.75) is 36.6 Å². The minimum atomic E-state index is -4.56. The molecule has 10 heteroatoms. The number of alkyl halides is 3. The summed E-state index contributed by atoms with van der Waals surface area (Å²) < 4.78 is 37.7. The van der Waals surface area contributed by atoms with E-state index in [-0.39, 0.29) is 16.8 Å². The molecule has 1 saturated heterocycles. The topological polar surface area (TPSA) is 89.2 Å². The van der Waals surface area contributed by atoms with E-state index in [1.165, 1.54) is 4.90 Å². The number of nitrogens with zero attached hydrogens (tertiary/aromatic N) is 3. The predicted octanol–water partition coefficient (Wildman–Crippen LogP) is 1.45. The highest BCUT2D eigenvalue weighted by Gasteiger charge is 2.33. The number of amides is 2. The van der Waals surface area contributed by atoms with Crippen LogP contribution in [0.4, 0.5) is 13.2 Å². The number of likely N-dealkylation sites (tertiary alicyclic amines) is 1. The Labute approximate surface area is 134 Å². The lowest BCUT2D eigenvalue weighted by atomic mass is 10.0. The summed E-state index contributed by atoms with van der Waals surface area (Å²) in [5.74, 6) is -1.08. The van der Waals surface area contributed by atoms with Crippen LogP contribution >= 0.6 is 11.8 Å². The van der Waals surface area contributed by atoms with Crippen LogP contribution in [0.15, 0.2) is 17.4 Å². The largest absolute Gasteiger partial charge is 0.433 e. The van der Waals surface area contributed by atoms with Crippen molar-refractivity contribution in [1.82, 2.24) is 14.9 Å². The molecule has 1 aromatic heterocycles. The zero-order valence-electron chi connectivity index (χ0n) is 12.0. The first kappa shape index (κ1) is 17.5. The fourth-order valence-electron chi connectivity index (χ4n) is 2.30. The number of aromatic nitrogens is 2. The van der Waals surface area contributed by atoms with Gasteiger partial charge in [0, 0.05) is 12.7 Å². The number of carbonyl (C=O) groups is 2. The van der Waals surface area contributed by atoms with Gasteiger partial charge in [-0.2, -0.15) is 13.2 Å². The van der Waals surface area contributed by atoms with Gasteiger partial charge >= 0.3 is 6.18 Å². The molecule has 0 bridgehead atoms. The van der Waals surface area contributed by atoms with E-state index in [1.807, 2.05) is 0 Å². The normalized spacial score (nSPS) is 18.7. The van der Waals surface area contributed by atoms with Gasteiger partial charge < -0.3 is 10.6 Å². The number of rotatable bonds is 4. The summed E-state index contributed by atoms with van der Waals surface area (Å²) in [6.07, 6.45) is -1.49. The standard InChI is InChI=1S/C13H15F3N4O2S/c14-13(15,16)9-4-5-18-12(19-9)23-7-10(21)20-6-2-1-3-8(20)11(17)22/h4-5,8H,1-3,6-7H2,(H2,17,22). The molecule has 0 spiro atoms. The van der Waals surface area contributed by atoms with Gasteiger partial charge in [0.15, 0.2) is 5.16 Å². The predicted molar refractivity (Wildman–Crippen MR) is 76.3 cm³/mol. The Morgan fingerprint density at radius 3 is 2.78 bits per heavy atom. The van der Waals surface area contributed by atoms with Gasteiger partial charge in [-0.1, -0.05) is 11.8 Å². The van der Waals surface area contributed by atoms with E-state index in [0.717, 1.165) is 36.9 Å². The van der Waals surface area contributed by atoms with E-state index >= 15 is 0 Å². The molecule has 1 fully saturated rings. The van der Waals surface area contributed by atoms with E-state index in [4.69, 9.17) is 5.73 Å². The van der Waals surface area contributed by atoms with Crippen molar-refractivity contribution in [3.05, 3.63) is 18.0 Å². The minimum absolute atomic E-state index is 0.138. The summed E-state index contributed by atoms with van der Waals surface area (Å²) in [5.41, 5.74) is 4.22. The fraction of sp³-hybridized carbons (Fsp3) is 0.538. The molecule has 2 heterocycles. The van der Waals surface area contributed by atoms with E-state index in [0.29, 0.717) is 13.0 Å². The van der Waals surface area contributed by atoms with Crippen molar-refractivity contribution < 1.29 is 22.8 Å². The second kappa shape index (κ2) is 7.16. The first-order valence-electron chi connectivity index (χ1n) is 6.91. The molecule has 2 rings (SSSR count). The molecule has 1 unspecified atom stereocenters. The van der Waals surface area contributed by atoms with Crippen LogP contribution in [0, 0.1) is 0 Å². The number of piperidine rings is 1. The molecule has 2 amide bonds. The molecule has 0 saturated carbocycles. The highest BCUT2D eigenvalue weighted by molar-refractivity contribution is 7.99. The Morgan fingerprint density at radius 2 is 2.13 bits per heavy atom. The van der Waals surface area contributed by atoms with Gasteiger partial charge in [0.2, 0.25) is 11.8 Å². The summed E-state index contributed by atoms with van der Waals surface area (Å²) in [6.45, 7) is 0.413. The lowest BCUT2D eigenvalue weighted by Crippen LogP contribution is -2.51. The van der Waals surface area contributed by atoms with Gasteiger partial charge in [0.1, 0.15) is 11.7 Å². The third-order valence-electron chi connectivity index (χ3n) is 3.40. The summed E-state index contributed by atoms with van der Waals surface area (Å²) in [7, 11) is 0. The quantitative estimate of drug-likeness (QED) is 0.657. The van der Waals surface area contributed by atoms with Crippen molar-refractivity contribution in [1.29, 1.82) is 0 Å². The van der Waals surface area contributed by atoms with Gasteiger partial charge in [-0.3, -0.25) is 9.59 Å². The SMILES string of the molecule is NC(=O)C1CCCCN1C(=O)CSc1nccc(C(F)(F)F)n1. The Balaban J connectivity index is 2.00. The molecule has 1 aliphatic rings. The van der Waals surface area contributed by atoms with Crippen LogP contribution in [0.5, 0.6) is 0 Å². The number of halogens is 3. The first-order chi connectivity index (χ1) is 10.8. The van der Waals surface area contributed by atoms with E-state index in [2.05, 4.69) is 9.97 Å². The molecule has 6 nitrogen and oxygen atoms in total. The van der Waals surface area contributed by atoms with Crippen LogP contribution in [-0.4, -0.2) is 45.0 Å². The maximum atomic E-state index is 12.6. The van der Waals surface area contributed by atoms with Gasteiger partial charge in [-0.05, 0) is 25.3 Å².